The molecule has 1 unspecified atom stereocenters. The van der Waals surface area contributed by atoms with Crippen molar-refractivity contribution in [3.05, 3.63) is 0 Å². The van der Waals surface area contributed by atoms with Crippen LogP contribution in [0.15, 0.2) is 4.99 Å². The van der Waals surface area contributed by atoms with Gasteiger partial charge in [0.05, 0.1) is 0 Å². The molecule has 0 aliphatic rings. The Bertz CT molecular complexity index is 227. The van der Waals surface area contributed by atoms with E-state index in [2.05, 4.69) is 11.9 Å². The van der Waals surface area contributed by atoms with Crippen LogP contribution in [0.1, 0.15) is 32.6 Å². The normalized spacial score (nSPS) is 13.7. The summed E-state index contributed by atoms with van der Waals surface area (Å²) < 4.78 is 0. The predicted molar refractivity (Wildman–Crippen MR) is 60.9 cm³/mol. The maximum atomic E-state index is 10.9. The van der Waals surface area contributed by atoms with Crippen molar-refractivity contribution in [2.75, 3.05) is 14.1 Å². The molecule has 0 bridgehead atoms. The number of aliphatic imine (C=N–C) groups is 1. The zero-order valence-electron chi connectivity index (χ0n) is 9.73. The molecule has 0 heterocycles. The number of hydrogen-bond donors (Lipinski definition) is 2. The summed E-state index contributed by atoms with van der Waals surface area (Å²) in [6, 6.07) is -0.709. The summed E-state index contributed by atoms with van der Waals surface area (Å²) in [5, 5.41) is 8.92. The summed E-state index contributed by atoms with van der Waals surface area (Å²) in [7, 11) is 3.48. The van der Waals surface area contributed by atoms with Gasteiger partial charge in [0.2, 0.25) is 0 Å². The molecule has 0 saturated heterocycles. The number of nitrogens with zero attached hydrogens (tertiary/aromatic N) is 2. The Hall–Kier alpha value is -1.26. The molecule has 1 atom stereocenters. The second-order valence-corrected chi connectivity index (χ2v) is 3.73. The van der Waals surface area contributed by atoms with Crippen LogP contribution in [-0.4, -0.2) is 42.1 Å². The van der Waals surface area contributed by atoms with E-state index >= 15 is 0 Å². The number of carboxylic acid groups (broad SMARTS) is 1. The van der Waals surface area contributed by atoms with E-state index < -0.39 is 12.0 Å². The first kappa shape index (κ1) is 13.7. The van der Waals surface area contributed by atoms with Gasteiger partial charge in [0.25, 0.3) is 0 Å². The molecule has 0 aromatic heterocycles. The summed E-state index contributed by atoms with van der Waals surface area (Å²) in [6.45, 7) is 2.08. The van der Waals surface area contributed by atoms with E-state index in [1.807, 2.05) is 0 Å². The average molecular weight is 215 g/mol. The third-order valence-corrected chi connectivity index (χ3v) is 2.11. The zero-order chi connectivity index (χ0) is 11.8. The molecular formula is C10H21N3O2. The maximum absolute atomic E-state index is 10.9. The van der Waals surface area contributed by atoms with E-state index in [9.17, 15) is 4.79 Å². The quantitative estimate of drug-likeness (QED) is 0.392. The lowest BCUT2D eigenvalue weighted by Crippen LogP contribution is -2.33. The van der Waals surface area contributed by atoms with Gasteiger partial charge in [-0.3, -0.25) is 0 Å². The lowest BCUT2D eigenvalue weighted by atomic mass is 10.1. The average Bonchev–Trinajstić information content (AvgIpc) is 2.15. The molecule has 0 saturated carbocycles. The van der Waals surface area contributed by atoms with Gasteiger partial charge < -0.3 is 15.7 Å². The number of carbonyl (C=O) groups is 1. The molecule has 0 spiro atoms. The van der Waals surface area contributed by atoms with Crippen molar-refractivity contribution < 1.29 is 9.90 Å². The Balaban J connectivity index is 4.28. The van der Waals surface area contributed by atoms with E-state index in [0.717, 1.165) is 19.3 Å². The van der Waals surface area contributed by atoms with Crippen molar-refractivity contribution in [2.45, 2.75) is 38.6 Å². The van der Waals surface area contributed by atoms with Crippen LogP contribution in [0.3, 0.4) is 0 Å². The number of hydrogen-bond acceptors (Lipinski definition) is 2. The van der Waals surface area contributed by atoms with Crippen LogP contribution in [0, 0.1) is 0 Å². The number of unbranched alkanes of at least 4 members (excludes halogenated alkanes) is 2. The Morgan fingerprint density at radius 3 is 2.47 bits per heavy atom. The van der Waals surface area contributed by atoms with Crippen molar-refractivity contribution in [1.82, 2.24) is 4.90 Å². The number of aliphatic carboxylic acids is 1. The van der Waals surface area contributed by atoms with Crippen molar-refractivity contribution in [2.24, 2.45) is 10.7 Å². The lowest BCUT2D eigenvalue weighted by molar-refractivity contribution is -0.138. The molecule has 15 heavy (non-hydrogen) atoms. The Labute approximate surface area is 91.0 Å². The van der Waals surface area contributed by atoms with Crippen molar-refractivity contribution in [3.63, 3.8) is 0 Å². The first-order chi connectivity index (χ1) is 6.99. The third kappa shape index (κ3) is 5.93. The molecular weight excluding hydrogens is 194 g/mol. The Morgan fingerprint density at radius 2 is 2.07 bits per heavy atom. The second kappa shape index (κ2) is 7.09. The highest BCUT2D eigenvalue weighted by atomic mass is 16.4. The fourth-order valence-corrected chi connectivity index (χ4v) is 1.11. The second-order valence-electron chi connectivity index (χ2n) is 3.73. The van der Waals surface area contributed by atoms with Crippen LogP contribution in [0.25, 0.3) is 0 Å². The molecule has 0 amide bonds. The minimum Gasteiger partial charge on any atom is -0.480 e. The third-order valence-electron chi connectivity index (χ3n) is 2.11. The van der Waals surface area contributed by atoms with E-state index in [0.29, 0.717) is 6.42 Å². The van der Waals surface area contributed by atoms with E-state index in [-0.39, 0.29) is 5.96 Å². The highest BCUT2D eigenvalue weighted by Crippen LogP contribution is 2.07. The molecule has 0 aromatic carbocycles. The summed E-state index contributed by atoms with van der Waals surface area (Å²) in [6.07, 6.45) is 3.52. The lowest BCUT2D eigenvalue weighted by Gasteiger charge is -2.14. The van der Waals surface area contributed by atoms with Gasteiger partial charge in [-0.15, -0.1) is 0 Å². The van der Waals surface area contributed by atoms with Gasteiger partial charge in [0.1, 0.15) is 0 Å². The van der Waals surface area contributed by atoms with Crippen LogP contribution < -0.4 is 5.73 Å². The van der Waals surface area contributed by atoms with Gasteiger partial charge in [-0.25, -0.2) is 9.79 Å². The minimum atomic E-state index is -0.907. The summed E-state index contributed by atoms with van der Waals surface area (Å²) in [4.78, 5) is 16.4. The zero-order valence-corrected chi connectivity index (χ0v) is 9.73. The number of carboxylic acids is 1. The monoisotopic (exact) mass is 215 g/mol. The SMILES string of the molecule is CCCCCC(N=C(N)N(C)C)C(=O)O. The number of guanidine groups is 1. The fourth-order valence-electron chi connectivity index (χ4n) is 1.11. The first-order valence-electron chi connectivity index (χ1n) is 5.22. The fraction of sp³-hybridized carbons (Fsp3) is 0.800. The van der Waals surface area contributed by atoms with Gasteiger partial charge in [0, 0.05) is 14.1 Å². The topological polar surface area (TPSA) is 78.9 Å². The van der Waals surface area contributed by atoms with E-state index in [1.54, 1.807) is 19.0 Å². The van der Waals surface area contributed by atoms with E-state index in [1.165, 1.54) is 0 Å². The number of nitrogens with two attached hydrogens (primary N) is 1. The smallest absolute Gasteiger partial charge is 0.328 e. The highest BCUT2D eigenvalue weighted by Gasteiger charge is 2.16. The predicted octanol–water partition coefficient (Wildman–Crippen LogP) is 0.896. The minimum absolute atomic E-state index is 0.263. The van der Waals surface area contributed by atoms with Crippen molar-refractivity contribution >= 4 is 11.9 Å². The van der Waals surface area contributed by atoms with Gasteiger partial charge >= 0.3 is 5.97 Å². The molecule has 0 aliphatic heterocycles. The van der Waals surface area contributed by atoms with Gasteiger partial charge in [0.15, 0.2) is 12.0 Å². The maximum Gasteiger partial charge on any atom is 0.328 e. The van der Waals surface area contributed by atoms with Crippen LogP contribution in [-0.2, 0) is 4.79 Å². The summed E-state index contributed by atoms with van der Waals surface area (Å²) in [5.41, 5.74) is 5.57. The molecule has 0 aliphatic carbocycles. The summed E-state index contributed by atoms with van der Waals surface area (Å²) in [5.74, 6) is -0.644. The molecule has 0 aromatic rings. The molecule has 88 valence electrons. The molecule has 0 rings (SSSR count). The molecule has 5 heteroatoms. The van der Waals surface area contributed by atoms with Crippen LogP contribution in [0.5, 0.6) is 0 Å². The van der Waals surface area contributed by atoms with Crippen molar-refractivity contribution in [3.8, 4) is 0 Å². The van der Waals surface area contributed by atoms with Gasteiger partial charge in [-0.05, 0) is 6.42 Å². The van der Waals surface area contributed by atoms with Crippen LogP contribution >= 0.6 is 0 Å². The van der Waals surface area contributed by atoms with Crippen molar-refractivity contribution in [1.29, 1.82) is 0 Å². The number of rotatable bonds is 6. The van der Waals surface area contributed by atoms with Gasteiger partial charge in [-0.2, -0.15) is 0 Å². The van der Waals surface area contributed by atoms with Crippen LogP contribution in [0.2, 0.25) is 0 Å². The summed E-state index contributed by atoms with van der Waals surface area (Å²) >= 11 is 0. The van der Waals surface area contributed by atoms with E-state index in [4.69, 9.17) is 10.8 Å². The molecule has 3 N–H and O–H groups in total. The molecule has 5 nitrogen and oxygen atoms in total. The Kier molecular flexibility index (Phi) is 6.49. The van der Waals surface area contributed by atoms with Gasteiger partial charge in [-0.1, -0.05) is 26.2 Å². The highest BCUT2D eigenvalue weighted by molar-refractivity contribution is 5.82. The largest absolute Gasteiger partial charge is 0.480 e. The molecule has 0 radical (unpaired) electrons. The van der Waals surface area contributed by atoms with Crippen LogP contribution in [0.4, 0.5) is 0 Å². The first-order valence-corrected chi connectivity index (χ1v) is 5.22. The standard InChI is InChI=1S/C10H21N3O2/c1-4-5-6-7-8(9(14)15)12-10(11)13(2)3/h8H,4-7H2,1-3H3,(H2,11,12)(H,14,15). The molecule has 0 fully saturated rings. The Morgan fingerprint density at radius 1 is 1.47 bits per heavy atom.